The van der Waals surface area contributed by atoms with Crippen molar-refractivity contribution in [3.8, 4) is 0 Å². The van der Waals surface area contributed by atoms with Gasteiger partial charge in [0, 0.05) is 0 Å². The molecule has 15 heavy (non-hydrogen) atoms. The first-order valence-electron chi connectivity index (χ1n) is 4.66. The summed E-state index contributed by atoms with van der Waals surface area (Å²) >= 11 is 0. The molecule has 0 atom stereocenters. The fourth-order valence-electron chi connectivity index (χ4n) is 1.56. The maximum absolute atomic E-state index is 12.8. The highest BCUT2D eigenvalue weighted by molar-refractivity contribution is 5.42. The van der Waals surface area contributed by atoms with E-state index in [4.69, 9.17) is 0 Å². The molecule has 0 nitrogen and oxygen atoms in total. The molecule has 83 valence electrons. The first-order chi connectivity index (χ1) is 6.64. The summed E-state index contributed by atoms with van der Waals surface area (Å²) in [7, 11) is 0. The monoisotopic (exact) mass is 215 g/mol. The minimum Gasteiger partial charge on any atom is -0.166 e. The van der Waals surface area contributed by atoms with E-state index in [-0.39, 0.29) is 5.56 Å². The van der Waals surface area contributed by atoms with Gasteiger partial charge in [0.2, 0.25) is 0 Å². The molecule has 0 aliphatic rings. The predicted octanol–water partition coefficient (Wildman–Crippen LogP) is 4.19. The van der Waals surface area contributed by atoms with Gasteiger partial charge in [-0.05, 0) is 23.5 Å². The van der Waals surface area contributed by atoms with Crippen molar-refractivity contribution in [2.75, 3.05) is 0 Å². The molecule has 0 saturated heterocycles. The van der Waals surface area contributed by atoms with Crippen molar-refractivity contribution in [3.63, 3.8) is 0 Å². The molecule has 0 saturated carbocycles. The number of benzene rings is 1. The van der Waals surface area contributed by atoms with Crippen molar-refractivity contribution < 1.29 is 13.2 Å². The number of halogens is 3. The Hall–Kier alpha value is -0.990. The molecular formula is C12H14F3. The third-order valence-corrected chi connectivity index (χ3v) is 2.24. The Morgan fingerprint density at radius 1 is 1.07 bits per heavy atom. The molecule has 0 aromatic heterocycles. The summed E-state index contributed by atoms with van der Waals surface area (Å²) in [4.78, 5) is 0. The summed E-state index contributed by atoms with van der Waals surface area (Å²) in [6.45, 7) is 8.72. The van der Waals surface area contributed by atoms with E-state index >= 15 is 0 Å². The molecule has 1 rings (SSSR count). The Balaban J connectivity index is 3.48. The normalized spacial score (nSPS) is 13.0. The Kier molecular flexibility index (Phi) is 2.85. The lowest BCUT2D eigenvalue weighted by Crippen LogP contribution is -2.20. The van der Waals surface area contributed by atoms with Gasteiger partial charge in [-0.2, -0.15) is 13.2 Å². The van der Waals surface area contributed by atoms with Crippen molar-refractivity contribution in [1.82, 2.24) is 0 Å². The molecule has 0 aliphatic carbocycles. The van der Waals surface area contributed by atoms with E-state index in [9.17, 15) is 13.2 Å². The number of rotatable bonds is 0. The van der Waals surface area contributed by atoms with E-state index < -0.39 is 17.2 Å². The van der Waals surface area contributed by atoms with Crippen LogP contribution in [-0.2, 0) is 11.6 Å². The molecule has 0 aliphatic heterocycles. The molecule has 1 radical (unpaired) electrons. The number of hydrogen-bond donors (Lipinski definition) is 0. The lowest BCUT2D eigenvalue weighted by molar-refractivity contribution is -0.138. The van der Waals surface area contributed by atoms with Crippen molar-refractivity contribution in [1.29, 1.82) is 0 Å². The van der Waals surface area contributed by atoms with Crippen molar-refractivity contribution in [2.24, 2.45) is 0 Å². The third-order valence-electron chi connectivity index (χ3n) is 2.24. The lowest BCUT2D eigenvalue weighted by atomic mass is 9.82. The van der Waals surface area contributed by atoms with Crippen LogP contribution in [0, 0.1) is 6.92 Å². The predicted molar refractivity (Wildman–Crippen MR) is 54.6 cm³/mol. The second-order valence-corrected chi connectivity index (χ2v) is 4.59. The zero-order chi connectivity index (χ0) is 11.9. The van der Waals surface area contributed by atoms with E-state index in [1.165, 1.54) is 12.1 Å². The maximum atomic E-state index is 12.8. The van der Waals surface area contributed by atoms with Crippen LogP contribution >= 0.6 is 0 Å². The van der Waals surface area contributed by atoms with Crippen LogP contribution in [0.3, 0.4) is 0 Å². The van der Waals surface area contributed by atoms with E-state index in [2.05, 4.69) is 6.92 Å². The van der Waals surface area contributed by atoms with E-state index in [1.54, 1.807) is 26.8 Å². The Labute approximate surface area is 88.1 Å². The summed E-state index contributed by atoms with van der Waals surface area (Å²) in [5.74, 6) is 0. The fourth-order valence-corrected chi connectivity index (χ4v) is 1.56. The van der Waals surface area contributed by atoms with E-state index in [0.29, 0.717) is 5.56 Å². The largest absolute Gasteiger partial charge is 0.416 e. The molecule has 0 N–H and O–H groups in total. The van der Waals surface area contributed by atoms with Gasteiger partial charge in [-0.1, -0.05) is 39.0 Å². The molecule has 1 aromatic carbocycles. The summed E-state index contributed by atoms with van der Waals surface area (Å²) in [5.41, 5.74) is -0.798. The maximum Gasteiger partial charge on any atom is 0.416 e. The molecule has 3 heteroatoms. The van der Waals surface area contributed by atoms with Gasteiger partial charge in [-0.3, -0.25) is 0 Å². The van der Waals surface area contributed by atoms with Gasteiger partial charge in [0.05, 0.1) is 5.56 Å². The summed E-state index contributed by atoms with van der Waals surface area (Å²) < 4.78 is 38.4. The highest BCUT2D eigenvalue weighted by Gasteiger charge is 2.37. The van der Waals surface area contributed by atoms with Gasteiger partial charge in [-0.25, -0.2) is 0 Å². The summed E-state index contributed by atoms with van der Waals surface area (Å²) in [5, 5.41) is 0. The van der Waals surface area contributed by atoms with Crippen LogP contribution in [0.2, 0.25) is 0 Å². The second kappa shape index (κ2) is 3.54. The standard InChI is InChI=1S/C12H14F3/c1-8-6-5-7-9(11(2,3)4)10(8)12(13,14)15/h5-7H,1H2,2-4H3. The van der Waals surface area contributed by atoms with Crippen molar-refractivity contribution in [3.05, 3.63) is 41.8 Å². The smallest absolute Gasteiger partial charge is 0.166 e. The fraction of sp³-hybridized carbons (Fsp3) is 0.417. The second-order valence-electron chi connectivity index (χ2n) is 4.59. The molecule has 0 unspecified atom stereocenters. The summed E-state index contributed by atoms with van der Waals surface area (Å²) in [6.07, 6.45) is -4.33. The van der Waals surface area contributed by atoms with Gasteiger partial charge >= 0.3 is 6.18 Å². The first kappa shape index (κ1) is 12.1. The van der Waals surface area contributed by atoms with Crippen LogP contribution in [0.25, 0.3) is 0 Å². The highest BCUT2D eigenvalue weighted by Crippen LogP contribution is 2.39. The highest BCUT2D eigenvalue weighted by atomic mass is 19.4. The molecule has 0 fully saturated rings. The van der Waals surface area contributed by atoms with Gasteiger partial charge in [0.15, 0.2) is 0 Å². The number of alkyl halides is 3. The lowest BCUT2D eigenvalue weighted by Gasteiger charge is -2.25. The minimum atomic E-state index is -4.33. The molecule has 0 spiro atoms. The molecule has 0 amide bonds. The van der Waals surface area contributed by atoms with Crippen LogP contribution in [0.5, 0.6) is 0 Å². The average Bonchev–Trinajstić information content (AvgIpc) is 1.99. The van der Waals surface area contributed by atoms with E-state index in [0.717, 1.165) is 0 Å². The molecule has 0 heterocycles. The quantitative estimate of drug-likeness (QED) is 0.608. The minimum absolute atomic E-state index is 0.0370. The molecule has 0 bridgehead atoms. The topological polar surface area (TPSA) is 0 Å². The molecular weight excluding hydrogens is 201 g/mol. The van der Waals surface area contributed by atoms with Crippen LogP contribution in [-0.4, -0.2) is 0 Å². The van der Waals surface area contributed by atoms with E-state index in [1.807, 2.05) is 0 Å². The van der Waals surface area contributed by atoms with Crippen LogP contribution in [0.1, 0.15) is 37.5 Å². The third kappa shape index (κ3) is 2.52. The zero-order valence-electron chi connectivity index (χ0n) is 9.07. The average molecular weight is 215 g/mol. The first-order valence-corrected chi connectivity index (χ1v) is 4.66. The van der Waals surface area contributed by atoms with Gasteiger partial charge in [0.25, 0.3) is 0 Å². The van der Waals surface area contributed by atoms with Crippen LogP contribution in [0.4, 0.5) is 13.2 Å². The van der Waals surface area contributed by atoms with Crippen LogP contribution in [0.15, 0.2) is 18.2 Å². The Morgan fingerprint density at radius 3 is 1.93 bits per heavy atom. The summed E-state index contributed by atoms with van der Waals surface area (Å²) in [6, 6.07) is 4.51. The van der Waals surface area contributed by atoms with Gasteiger partial charge in [0.1, 0.15) is 0 Å². The SMILES string of the molecule is [CH2]c1cccc(C(C)(C)C)c1C(F)(F)F. The van der Waals surface area contributed by atoms with Gasteiger partial charge in [-0.15, -0.1) is 0 Å². The Bertz CT molecular complexity index is 356. The zero-order valence-corrected chi connectivity index (χ0v) is 9.07. The van der Waals surface area contributed by atoms with Gasteiger partial charge < -0.3 is 0 Å². The molecule has 1 aromatic rings. The number of hydrogen-bond acceptors (Lipinski definition) is 0. The van der Waals surface area contributed by atoms with Crippen molar-refractivity contribution >= 4 is 0 Å². The van der Waals surface area contributed by atoms with Crippen molar-refractivity contribution in [2.45, 2.75) is 32.4 Å². The Morgan fingerprint density at radius 2 is 1.60 bits per heavy atom. The van der Waals surface area contributed by atoms with Crippen LogP contribution < -0.4 is 0 Å².